The Morgan fingerprint density at radius 3 is 2.50 bits per heavy atom. The van der Waals surface area contributed by atoms with Crippen LogP contribution < -0.4 is 0 Å². The predicted molar refractivity (Wildman–Crippen MR) is 57.2 cm³/mol. The van der Waals surface area contributed by atoms with Crippen LogP contribution in [0.2, 0.25) is 0 Å². The molecule has 0 aliphatic heterocycles. The molecule has 0 aliphatic rings. The molecule has 1 rings (SSSR count). The van der Waals surface area contributed by atoms with E-state index in [-0.39, 0.29) is 12.2 Å². The van der Waals surface area contributed by atoms with E-state index in [0.29, 0.717) is 0 Å². The van der Waals surface area contributed by atoms with E-state index in [1.807, 2.05) is 18.2 Å². The van der Waals surface area contributed by atoms with Crippen molar-refractivity contribution in [2.75, 3.05) is 7.11 Å². The second kappa shape index (κ2) is 4.58. The Balaban J connectivity index is 2.76. The van der Waals surface area contributed by atoms with Crippen LogP contribution in [0.4, 0.5) is 0 Å². The monoisotopic (exact) mass is 194 g/mol. The summed E-state index contributed by atoms with van der Waals surface area (Å²) in [5, 5.41) is 8.99. The van der Waals surface area contributed by atoms with Crippen LogP contribution in [0.1, 0.15) is 25.0 Å². The van der Waals surface area contributed by atoms with E-state index in [1.165, 1.54) is 5.56 Å². The molecule has 0 fully saturated rings. The highest BCUT2D eigenvalue weighted by Gasteiger charge is 2.16. The number of rotatable bonds is 4. The molecule has 0 spiro atoms. The van der Waals surface area contributed by atoms with Gasteiger partial charge in [-0.05, 0) is 25.0 Å². The maximum Gasteiger partial charge on any atom is 0.0681 e. The Kier molecular flexibility index (Phi) is 3.67. The van der Waals surface area contributed by atoms with Gasteiger partial charge in [0.05, 0.1) is 12.2 Å². The summed E-state index contributed by atoms with van der Waals surface area (Å²) < 4.78 is 5.35. The van der Waals surface area contributed by atoms with Gasteiger partial charge in [-0.2, -0.15) is 0 Å². The van der Waals surface area contributed by atoms with Gasteiger partial charge < -0.3 is 9.84 Å². The Morgan fingerprint density at radius 2 is 1.93 bits per heavy atom. The van der Waals surface area contributed by atoms with Crippen molar-refractivity contribution in [1.29, 1.82) is 0 Å². The average Bonchev–Trinajstić information content (AvgIpc) is 2.17. The Labute approximate surface area is 85.5 Å². The third-order valence-corrected chi connectivity index (χ3v) is 2.36. The second-order valence-electron chi connectivity index (χ2n) is 4.12. The number of aliphatic hydroxyl groups excluding tert-OH is 1. The van der Waals surface area contributed by atoms with Crippen molar-refractivity contribution in [1.82, 2.24) is 0 Å². The molecule has 0 amide bonds. The minimum absolute atomic E-state index is 0.0985. The van der Waals surface area contributed by atoms with Gasteiger partial charge in [-0.25, -0.2) is 0 Å². The van der Waals surface area contributed by atoms with Crippen molar-refractivity contribution in [2.24, 2.45) is 0 Å². The Hall–Kier alpha value is -0.860. The van der Waals surface area contributed by atoms with Crippen molar-refractivity contribution in [3.05, 3.63) is 35.4 Å². The minimum Gasteiger partial charge on any atom is -0.392 e. The number of hydrogen-bond acceptors (Lipinski definition) is 2. The normalized spacial score (nSPS) is 11.7. The maximum atomic E-state index is 8.99. The SMILES string of the molecule is COC(C)(C)Cc1cccc(CO)c1. The second-order valence-corrected chi connectivity index (χ2v) is 4.12. The third-order valence-electron chi connectivity index (χ3n) is 2.36. The number of hydrogen-bond donors (Lipinski definition) is 1. The summed E-state index contributed by atoms with van der Waals surface area (Å²) in [5.41, 5.74) is 2.01. The lowest BCUT2D eigenvalue weighted by Gasteiger charge is -2.23. The highest BCUT2D eigenvalue weighted by Crippen LogP contribution is 2.16. The lowest BCUT2D eigenvalue weighted by atomic mass is 9.97. The fourth-order valence-corrected chi connectivity index (χ4v) is 1.40. The van der Waals surface area contributed by atoms with Gasteiger partial charge in [0.15, 0.2) is 0 Å². The van der Waals surface area contributed by atoms with E-state index in [2.05, 4.69) is 19.9 Å². The molecule has 0 saturated carbocycles. The first-order valence-corrected chi connectivity index (χ1v) is 4.81. The Bertz CT molecular complexity index is 292. The van der Waals surface area contributed by atoms with Gasteiger partial charge in [0.25, 0.3) is 0 Å². The molecular weight excluding hydrogens is 176 g/mol. The fourth-order valence-electron chi connectivity index (χ4n) is 1.40. The largest absolute Gasteiger partial charge is 0.392 e. The number of benzene rings is 1. The Morgan fingerprint density at radius 1 is 1.29 bits per heavy atom. The number of ether oxygens (including phenoxy) is 1. The van der Waals surface area contributed by atoms with Gasteiger partial charge in [-0.3, -0.25) is 0 Å². The van der Waals surface area contributed by atoms with Crippen LogP contribution in [-0.2, 0) is 17.8 Å². The summed E-state index contributed by atoms with van der Waals surface area (Å²) in [6.07, 6.45) is 0.858. The molecule has 0 aromatic heterocycles. The van der Waals surface area contributed by atoms with E-state index < -0.39 is 0 Å². The molecule has 1 N–H and O–H groups in total. The van der Waals surface area contributed by atoms with E-state index in [0.717, 1.165) is 12.0 Å². The van der Waals surface area contributed by atoms with Crippen LogP contribution >= 0.6 is 0 Å². The molecule has 0 aliphatic carbocycles. The van der Waals surface area contributed by atoms with E-state index in [1.54, 1.807) is 7.11 Å². The van der Waals surface area contributed by atoms with E-state index >= 15 is 0 Å². The van der Waals surface area contributed by atoms with Gasteiger partial charge in [0.2, 0.25) is 0 Å². The zero-order valence-corrected chi connectivity index (χ0v) is 9.08. The number of aliphatic hydroxyl groups is 1. The van der Waals surface area contributed by atoms with Crippen molar-refractivity contribution < 1.29 is 9.84 Å². The topological polar surface area (TPSA) is 29.5 Å². The standard InChI is InChI=1S/C12H18O2/c1-12(2,14-3)8-10-5-4-6-11(7-10)9-13/h4-7,13H,8-9H2,1-3H3. The van der Waals surface area contributed by atoms with Gasteiger partial charge in [0.1, 0.15) is 0 Å². The highest BCUT2D eigenvalue weighted by atomic mass is 16.5. The average molecular weight is 194 g/mol. The molecule has 14 heavy (non-hydrogen) atoms. The summed E-state index contributed by atoms with van der Waals surface area (Å²) in [5.74, 6) is 0. The van der Waals surface area contributed by atoms with Crippen LogP contribution in [0.5, 0.6) is 0 Å². The lowest BCUT2D eigenvalue weighted by Crippen LogP contribution is -2.25. The van der Waals surface area contributed by atoms with Crippen LogP contribution in [0.3, 0.4) is 0 Å². The zero-order chi connectivity index (χ0) is 10.6. The summed E-state index contributed by atoms with van der Waals surface area (Å²) in [7, 11) is 1.72. The first kappa shape index (κ1) is 11.2. The fraction of sp³-hybridized carbons (Fsp3) is 0.500. The van der Waals surface area contributed by atoms with E-state index in [9.17, 15) is 0 Å². The van der Waals surface area contributed by atoms with Gasteiger partial charge >= 0.3 is 0 Å². The predicted octanol–water partition coefficient (Wildman–Crippen LogP) is 2.15. The van der Waals surface area contributed by atoms with Crippen molar-refractivity contribution in [2.45, 2.75) is 32.5 Å². The quantitative estimate of drug-likeness (QED) is 0.795. The van der Waals surface area contributed by atoms with Gasteiger partial charge in [0, 0.05) is 13.5 Å². The van der Waals surface area contributed by atoms with Crippen molar-refractivity contribution >= 4 is 0 Å². The van der Waals surface area contributed by atoms with Crippen molar-refractivity contribution in [3.63, 3.8) is 0 Å². The van der Waals surface area contributed by atoms with E-state index in [4.69, 9.17) is 9.84 Å². The summed E-state index contributed by atoms with van der Waals surface area (Å²) in [4.78, 5) is 0. The number of methoxy groups -OCH3 is 1. The molecule has 78 valence electrons. The lowest BCUT2D eigenvalue weighted by molar-refractivity contribution is 0.0232. The van der Waals surface area contributed by atoms with Crippen LogP contribution in [-0.4, -0.2) is 17.8 Å². The van der Waals surface area contributed by atoms with Crippen LogP contribution in [0.15, 0.2) is 24.3 Å². The smallest absolute Gasteiger partial charge is 0.0681 e. The molecule has 0 unspecified atom stereocenters. The first-order chi connectivity index (χ1) is 6.57. The van der Waals surface area contributed by atoms with Crippen LogP contribution in [0, 0.1) is 0 Å². The summed E-state index contributed by atoms with van der Waals surface area (Å²) >= 11 is 0. The zero-order valence-electron chi connectivity index (χ0n) is 9.08. The molecule has 0 bridgehead atoms. The van der Waals surface area contributed by atoms with Gasteiger partial charge in [-0.15, -0.1) is 0 Å². The molecule has 0 atom stereocenters. The summed E-state index contributed by atoms with van der Waals surface area (Å²) in [6.45, 7) is 4.21. The molecule has 0 saturated heterocycles. The molecule has 0 heterocycles. The molecule has 0 radical (unpaired) electrons. The maximum absolute atomic E-state index is 8.99. The third kappa shape index (κ3) is 3.13. The molecule has 1 aromatic rings. The highest BCUT2D eigenvalue weighted by molar-refractivity contribution is 5.24. The molecular formula is C12H18O2. The molecule has 2 nitrogen and oxygen atoms in total. The van der Waals surface area contributed by atoms with Crippen molar-refractivity contribution in [3.8, 4) is 0 Å². The minimum atomic E-state index is -0.145. The first-order valence-electron chi connectivity index (χ1n) is 4.81. The molecule has 1 aromatic carbocycles. The molecule has 2 heteroatoms. The summed E-state index contributed by atoms with van der Waals surface area (Å²) in [6, 6.07) is 7.95. The van der Waals surface area contributed by atoms with Gasteiger partial charge in [-0.1, -0.05) is 24.3 Å². The van der Waals surface area contributed by atoms with Crippen LogP contribution in [0.25, 0.3) is 0 Å².